The highest BCUT2D eigenvalue weighted by atomic mass is 16.6. The summed E-state index contributed by atoms with van der Waals surface area (Å²) in [5.41, 5.74) is 0.591. The van der Waals surface area contributed by atoms with E-state index < -0.39 is 42.8 Å². The van der Waals surface area contributed by atoms with E-state index in [-0.39, 0.29) is 23.1 Å². The fourth-order valence-electron chi connectivity index (χ4n) is 3.27. The second-order valence-electron chi connectivity index (χ2n) is 7.44. The monoisotopic (exact) mass is 476 g/mol. The van der Waals surface area contributed by atoms with E-state index in [0.717, 1.165) is 0 Å². The Bertz CT molecular complexity index is 1120. The van der Waals surface area contributed by atoms with Crippen LogP contribution >= 0.6 is 0 Å². The molecule has 0 saturated carbocycles. The molecule has 0 saturated heterocycles. The average Bonchev–Trinajstić information content (AvgIpc) is 2.91. The van der Waals surface area contributed by atoms with Crippen molar-refractivity contribution < 1.29 is 38.5 Å². The molecule has 0 radical (unpaired) electrons. The van der Waals surface area contributed by atoms with Gasteiger partial charge in [0.25, 0.3) is 0 Å². The Kier molecular flexibility index (Phi) is 9.27. The van der Waals surface area contributed by atoms with E-state index in [1.807, 2.05) is 0 Å². The van der Waals surface area contributed by atoms with Crippen LogP contribution in [0.4, 0.5) is 0 Å². The molecule has 3 aromatic rings. The first-order chi connectivity index (χ1) is 17.0. The number of hydrogen-bond acceptors (Lipinski definition) is 8. The number of ether oxygens (including phenoxy) is 3. The van der Waals surface area contributed by atoms with Crippen LogP contribution in [-0.4, -0.2) is 54.2 Å². The van der Waals surface area contributed by atoms with E-state index in [2.05, 4.69) is 0 Å². The molecule has 0 heterocycles. The van der Waals surface area contributed by atoms with Crippen molar-refractivity contribution in [2.24, 2.45) is 0 Å². The second-order valence-corrected chi connectivity index (χ2v) is 7.44. The Labute approximate surface area is 202 Å². The van der Waals surface area contributed by atoms with Crippen LogP contribution in [-0.2, 0) is 19.0 Å². The standard InChI is InChI=1S/C27H24O8/c28-17-16-22(33-25(30)19-10-4-1-5-11-19)24(35-27(32)21-14-8-3-9-15-21)23(18-29)34-26(31)20-12-6-2-7-13-20/h1-15,17,22-24,29H,16,18H2/t22-,23+,24+/m0/s1. The van der Waals surface area contributed by atoms with Gasteiger partial charge in [-0.2, -0.15) is 0 Å². The minimum Gasteiger partial charge on any atom is -0.454 e. The third-order valence-electron chi connectivity index (χ3n) is 5.03. The van der Waals surface area contributed by atoms with Crippen molar-refractivity contribution in [3.8, 4) is 0 Å². The summed E-state index contributed by atoms with van der Waals surface area (Å²) in [6.07, 6.45) is -4.12. The largest absolute Gasteiger partial charge is 0.454 e. The number of aliphatic hydroxyl groups is 1. The Morgan fingerprint density at radius 1 is 0.629 bits per heavy atom. The van der Waals surface area contributed by atoms with Crippen molar-refractivity contribution in [1.82, 2.24) is 0 Å². The number of benzene rings is 3. The second kappa shape index (κ2) is 12.8. The summed E-state index contributed by atoms with van der Waals surface area (Å²) < 4.78 is 16.5. The number of rotatable bonds is 11. The molecular weight excluding hydrogens is 452 g/mol. The number of aldehydes is 1. The summed E-state index contributed by atoms with van der Waals surface area (Å²) in [6.45, 7) is -0.760. The predicted octanol–water partition coefficient (Wildman–Crippen LogP) is 3.24. The van der Waals surface area contributed by atoms with Gasteiger partial charge in [0.1, 0.15) is 12.4 Å². The van der Waals surface area contributed by atoms with Crippen molar-refractivity contribution in [2.75, 3.05) is 6.61 Å². The van der Waals surface area contributed by atoms with Crippen LogP contribution < -0.4 is 0 Å². The number of aliphatic hydroxyl groups excluding tert-OH is 1. The van der Waals surface area contributed by atoms with Crippen LogP contribution in [0, 0.1) is 0 Å². The zero-order chi connectivity index (χ0) is 25.0. The molecule has 0 aromatic heterocycles. The van der Waals surface area contributed by atoms with Gasteiger partial charge in [0.2, 0.25) is 0 Å². The molecule has 0 aliphatic heterocycles. The molecule has 8 heteroatoms. The maximum absolute atomic E-state index is 12.8. The lowest BCUT2D eigenvalue weighted by atomic mass is 10.0. The maximum Gasteiger partial charge on any atom is 0.338 e. The third kappa shape index (κ3) is 7.09. The zero-order valence-electron chi connectivity index (χ0n) is 18.7. The molecule has 8 nitrogen and oxygen atoms in total. The van der Waals surface area contributed by atoms with Gasteiger partial charge in [0.15, 0.2) is 12.2 Å². The summed E-state index contributed by atoms with van der Waals surface area (Å²) in [4.78, 5) is 49.6. The number of esters is 3. The highest BCUT2D eigenvalue weighted by molar-refractivity contribution is 5.91. The van der Waals surface area contributed by atoms with Crippen LogP contribution in [0.3, 0.4) is 0 Å². The quantitative estimate of drug-likeness (QED) is 0.255. The van der Waals surface area contributed by atoms with Crippen LogP contribution in [0.15, 0.2) is 91.0 Å². The van der Waals surface area contributed by atoms with Gasteiger partial charge in [-0.15, -0.1) is 0 Å². The van der Waals surface area contributed by atoms with Crippen molar-refractivity contribution in [1.29, 1.82) is 0 Å². The lowest BCUT2D eigenvalue weighted by Gasteiger charge is -2.31. The van der Waals surface area contributed by atoms with E-state index in [1.165, 1.54) is 36.4 Å². The maximum atomic E-state index is 12.8. The summed E-state index contributed by atoms with van der Waals surface area (Å²) in [7, 11) is 0. The zero-order valence-corrected chi connectivity index (χ0v) is 18.7. The third-order valence-corrected chi connectivity index (χ3v) is 5.03. The van der Waals surface area contributed by atoms with Crippen molar-refractivity contribution in [3.63, 3.8) is 0 Å². The van der Waals surface area contributed by atoms with Gasteiger partial charge in [-0.1, -0.05) is 54.6 Å². The first-order valence-electron chi connectivity index (χ1n) is 10.9. The summed E-state index contributed by atoms with van der Waals surface area (Å²) >= 11 is 0. The topological polar surface area (TPSA) is 116 Å². The molecule has 3 atom stereocenters. The van der Waals surface area contributed by atoms with Crippen LogP contribution in [0.25, 0.3) is 0 Å². The van der Waals surface area contributed by atoms with Gasteiger partial charge in [-0.3, -0.25) is 0 Å². The molecule has 0 aliphatic rings. The highest BCUT2D eigenvalue weighted by Crippen LogP contribution is 2.20. The Balaban J connectivity index is 1.90. The normalized spacial score (nSPS) is 13.1. The van der Waals surface area contributed by atoms with E-state index in [4.69, 9.17) is 14.2 Å². The van der Waals surface area contributed by atoms with E-state index in [1.54, 1.807) is 54.6 Å². The van der Waals surface area contributed by atoms with Crippen LogP contribution in [0.1, 0.15) is 37.5 Å². The fraction of sp³-hybridized carbons (Fsp3) is 0.185. The molecule has 1 N–H and O–H groups in total. The molecule has 0 spiro atoms. The lowest BCUT2D eigenvalue weighted by Crippen LogP contribution is -2.47. The SMILES string of the molecule is O=CC[C@H](OC(=O)c1ccccc1)[C@@H](OC(=O)c1ccccc1)[C@@H](CO)OC(=O)c1ccccc1. The molecule has 0 fully saturated rings. The molecule has 0 unspecified atom stereocenters. The van der Waals surface area contributed by atoms with Gasteiger partial charge in [0.05, 0.1) is 23.3 Å². The molecule has 0 aliphatic carbocycles. The predicted molar refractivity (Wildman–Crippen MR) is 125 cm³/mol. The van der Waals surface area contributed by atoms with E-state index in [0.29, 0.717) is 6.29 Å². The van der Waals surface area contributed by atoms with Crippen molar-refractivity contribution >= 4 is 24.2 Å². The number of carbonyl (C=O) groups excluding carboxylic acids is 4. The summed E-state index contributed by atoms with van der Waals surface area (Å²) in [6, 6.07) is 24.0. The van der Waals surface area contributed by atoms with Crippen molar-refractivity contribution in [2.45, 2.75) is 24.7 Å². The van der Waals surface area contributed by atoms with E-state index in [9.17, 15) is 24.3 Å². The van der Waals surface area contributed by atoms with E-state index >= 15 is 0 Å². The molecule has 35 heavy (non-hydrogen) atoms. The average molecular weight is 476 g/mol. The molecule has 3 aromatic carbocycles. The fourth-order valence-corrected chi connectivity index (χ4v) is 3.27. The molecule has 3 rings (SSSR count). The smallest absolute Gasteiger partial charge is 0.338 e. The summed E-state index contributed by atoms with van der Waals surface area (Å²) in [5.74, 6) is -2.37. The Morgan fingerprint density at radius 3 is 1.37 bits per heavy atom. The molecular formula is C27H24O8. The first kappa shape index (κ1) is 25.3. The number of carbonyl (C=O) groups is 4. The van der Waals surface area contributed by atoms with Gasteiger partial charge < -0.3 is 24.1 Å². The minimum atomic E-state index is -1.47. The lowest BCUT2D eigenvalue weighted by molar-refractivity contribution is -0.119. The van der Waals surface area contributed by atoms with Gasteiger partial charge in [-0.25, -0.2) is 14.4 Å². The Hall–Kier alpha value is -4.30. The highest BCUT2D eigenvalue weighted by Gasteiger charge is 2.38. The van der Waals surface area contributed by atoms with Crippen LogP contribution in [0.2, 0.25) is 0 Å². The summed E-state index contributed by atoms with van der Waals surface area (Å²) in [5, 5.41) is 10.0. The van der Waals surface area contributed by atoms with Crippen LogP contribution in [0.5, 0.6) is 0 Å². The Morgan fingerprint density at radius 2 is 1.00 bits per heavy atom. The van der Waals surface area contributed by atoms with Gasteiger partial charge in [0, 0.05) is 6.42 Å². The number of hydrogen-bond donors (Lipinski definition) is 1. The molecule has 0 amide bonds. The van der Waals surface area contributed by atoms with Gasteiger partial charge >= 0.3 is 17.9 Å². The minimum absolute atomic E-state index is 0.183. The molecule has 180 valence electrons. The van der Waals surface area contributed by atoms with Gasteiger partial charge in [-0.05, 0) is 36.4 Å². The first-order valence-corrected chi connectivity index (χ1v) is 10.9. The van der Waals surface area contributed by atoms with Crippen molar-refractivity contribution in [3.05, 3.63) is 108 Å². The molecule has 0 bridgehead atoms.